The predicted octanol–water partition coefficient (Wildman–Crippen LogP) is 4.92. The first-order valence-corrected chi connectivity index (χ1v) is 8.56. The van der Waals surface area contributed by atoms with Crippen LogP contribution in [0.1, 0.15) is 49.6 Å². The van der Waals surface area contributed by atoms with Gasteiger partial charge in [-0.25, -0.2) is 4.39 Å². The van der Waals surface area contributed by atoms with Gasteiger partial charge in [-0.05, 0) is 35.1 Å². The molecule has 0 spiro atoms. The summed E-state index contributed by atoms with van der Waals surface area (Å²) >= 11 is 1.59. The van der Waals surface area contributed by atoms with Gasteiger partial charge in [0, 0.05) is 11.3 Å². The van der Waals surface area contributed by atoms with Crippen molar-refractivity contribution in [2.45, 2.75) is 39.2 Å². The molecule has 0 radical (unpaired) electrons. The first kappa shape index (κ1) is 16.7. The summed E-state index contributed by atoms with van der Waals surface area (Å²) in [5.74, 6) is 0.155. The molecule has 2 atom stereocenters. The van der Waals surface area contributed by atoms with E-state index in [0.717, 1.165) is 23.3 Å². The van der Waals surface area contributed by atoms with E-state index in [0.29, 0.717) is 12.3 Å². The molecule has 4 heteroatoms. The molecule has 0 bridgehead atoms. The van der Waals surface area contributed by atoms with Crippen LogP contribution in [0.15, 0.2) is 41.8 Å². The zero-order chi connectivity index (χ0) is 15.9. The van der Waals surface area contributed by atoms with E-state index in [1.807, 2.05) is 17.5 Å². The second-order valence-electron chi connectivity index (χ2n) is 5.67. The lowest BCUT2D eigenvalue weighted by atomic mass is 10.0. The van der Waals surface area contributed by atoms with Gasteiger partial charge in [0.1, 0.15) is 5.82 Å². The highest BCUT2D eigenvalue weighted by molar-refractivity contribution is 7.10. The van der Waals surface area contributed by atoms with Crippen LogP contribution >= 0.6 is 11.3 Å². The van der Waals surface area contributed by atoms with Crippen molar-refractivity contribution in [3.8, 4) is 0 Å². The fraction of sp³-hybridized carbons (Fsp3) is 0.389. The smallest absolute Gasteiger partial charge is 0.221 e. The monoisotopic (exact) mass is 319 g/mol. The SMILES string of the molecule is CCCC(C)CC(=O)NC(c1ccc(F)cc1)c1cccs1. The van der Waals surface area contributed by atoms with Gasteiger partial charge in [-0.3, -0.25) is 4.79 Å². The van der Waals surface area contributed by atoms with Crippen LogP contribution in [0.25, 0.3) is 0 Å². The van der Waals surface area contributed by atoms with Crippen molar-refractivity contribution in [1.82, 2.24) is 5.32 Å². The van der Waals surface area contributed by atoms with Crippen molar-refractivity contribution < 1.29 is 9.18 Å². The Kier molecular flexibility index (Phi) is 6.13. The second kappa shape index (κ2) is 8.08. The Labute approximate surface area is 135 Å². The first-order chi connectivity index (χ1) is 10.6. The Morgan fingerprint density at radius 3 is 2.59 bits per heavy atom. The van der Waals surface area contributed by atoms with Gasteiger partial charge < -0.3 is 5.32 Å². The third-order valence-electron chi connectivity index (χ3n) is 3.65. The molecule has 2 aromatic rings. The minimum Gasteiger partial charge on any atom is -0.344 e. The van der Waals surface area contributed by atoms with E-state index in [4.69, 9.17) is 0 Å². The van der Waals surface area contributed by atoms with Crippen LogP contribution in [0.2, 0.25) is 0 Å². The number of carbonyl (C=O) groups excluding carboxylic acids is 1. The van der Waals surface area contributed by atoms with Crippen LogP contribution in [-0.2, 0) is 4.79 Å². The summed E-state index contributed by atoms with van der Waals surface area (Å²) < 4.78 is 13.1. The quantitative estimate of drug-likeness (QED) is 0.771. The van der Waals surface area contributed by atoms with Crippen LogP contribution in [0.5, 0.6) is 0 Å². The lowest BCUT2D eigenvalue weighted by Crippen LogP contribution is -2.29. The molecule has 2 rings (SSSR count). The molecule has 22 heavy (non-hydrogen) atoms. The van der Waals surface area contributed by atoms with E-state index in [9.17, 15) is 9.18 Å². The highest BCUT2D eigenvalue weighted by Crippen LogP contribution is 2.26. The Hall–Kier alpha value is -1.68. The minimum atomic E-state index is -0.267. The second-order valence-corrected chi connectivity index (χ2v) is 6.64. The van der Waals surface area contributed by atoms with Crippen molar-refractivity contribution in [1.29, 1.82) is 0 Å². The molecule has 118 valence electrons. The number of amides is 1. The number of hydrogen-bond acceptors (Lipinski definition) is 2. The highest BCUT2D eigenvalue weighted by atomic mass is 32.1. The molecule has 0 aliphatic rings. The largest absolute Gasteiger partial charge is 0.344 e. The Morgan fingerprint density at radius 1 is 1.27 bits per heavy atom. The fourth-order valence-electron chi connectivity index (χ4n) is 2.56. The van der Waals surface area contributed by atoms with Gasteiger partial charge in [-0.2, -0.15) is 0 Å². The van der Waals surface area contributed by atoms with Gasteiger partial charge in [-0.15, -0.1) is 11.3 Å². The highest BCUT2D eigenvalue weighted by Gasteiger charge is 2.19. The summed E-state index contributed by atoms with van der Waals surface area (Å²) in [4.78, 5) is 13.4. The summed E-state index contributed by atoms with van der Waals surface area (Å²) in [6.45, 7) is 4.22. The maximum Gasteiger partial charge on any atom is 0.221 e. The molecule has 0 aliphatic heterocycles. The zero-order valence-electron chi connectivity index (χ0n) is 13.0. The number of thiophene rings is 1. The maximum atomic E-state index is 13.1. The summed E-state index contributed by atoms with van der Waals surface area (Å²) in [6.07, 6.45) is 2.66. The molecular weight excluding hydrogens is 297 g/mol. The predicted molar refractivity (Wildman–Crippen MR) is 89.4 cm³/mol. The molecule has 0 saturated heterocycles. The molecule has 0 saturated carbocycles. The summed E-state index contributed by atoms with van der Waals surface area (Å²) in [6, 6.07) is 10.1. The number of halogens is 1. The van der Waals surface area contributed by atoms with E-state index >= 15 is 0 Å². The molecule has 1 amide bonds. The van der Waals surface area contributed by atoms with Crippen molar-refractivity contribution in [3.63, 3.8) is 0 Å². The molecule has 1 N–H and O–H groups in total. The van der Waals surface area contributed by atoms with Gasteiger partial charge in [0.25, 0.3) is 0 Å². The molecule has 1 aromatic carbocycles. The van der Waals surface area contributed by atoms with E-state index in [-0.39, 0.29) is 17.8 Å². The van der Waals surface area contributed by atoms with Gasteiger partial charge in [0.2, 0.25) is 5.91 Å². The van der Waals surface area contributed by atoms with Crippen LogP contribution in [-0.4, -0.2) is 5.91 Å². The van der Waals surface area contributed by atoms with Gasteiger partial charge in [0.05, 0.1) is 6.04 Å². The van der Waals surface area contributed by atoms with Crippen LogP contribution in [0.3, 0.4) is 0 Å². The molecule has 1 heterocycles. The number of rotatable bonds is 7. The molecule has 1 aromatic heterocycles. The minimum absolute atomic E-state index is 0.0451. The summed E-state index contributed by atoms with van der Waals surface area (Å²) in [5.41, 5.74) is 0.903. The Balaban J connectivity index is 2.12. The van der Waals surface area contributed by atoms with Crippen LogP contribution < -0.4 is 5.32 Å². The van der Waals surface area contributed by atoms with Crippen molar-refractivity contribution >= 4 is 17.2 Å². The Bertz CT molecular complexity index is 580. The average Bonchev–Trinajstić information content (AvgIpc) is 3.00. The summed E-state index contributed by atoms with van der Waals surface area (Å²) in [7, 11) is 0. The number of nitrogens with one attached hydrogen (secondary N) is 1. The third-order valence-corrected chi connectivity index (χ3v) is 4.59. The lowest BCUT2D eigenvalue weighted by molar-refractivity contribution is -0.122. The standard InChI is InChI=1S/C18H22FNOS/c1-3-5-13(2)12-17(21)20-18(16-6-4-11-22-16)14-7-9-15(19)10-8-14/h4,6-11,13,18H,3,5,12H2,1-2H3,(H,20,21). The van der Waals surface area contributed by atoms with Crippen molar-refractivity contribution in [3.05, 3.63) is 58.0 Å². The molecule has 0 aliphatic carbocycles. The van der Waals surface area contributed by atoms with E-state index < -0.39 is 0 Å². The Morgan fingerprint density at radius 2 is 2.00 bits per heavy atom. The van der Waals surface area contributed by atoms with E-state index in [2.05, 4.69) is 19.2 Å². The zero-order valence-corrected chi connectivity index (χ0v) is 13.8. The average molecular weight is 319 g/mol. The van der Waals surface area contributed by atoms with E-state index in [1.165, 1.54) is 12.1 Å². The van der Waals surface area contributed by atoms with Gasteiger partial charge >= 0.3 is 0 Å². The molecule has 2 nitrogen and oxygen atoms in total. The van der Waals surface area contributed by atoms with E-state index in [1.54, 1.807) is 23.5 Å². The van der Waals surface area contributed by atoms with Crippen LogP contribution in [0, 0.1) is 11.7 Å². The maximum absolute atomic E-state index is 13.1. The normalized spacial score (nSPS) is 13.6. The number of hydrogen-bond donors (Lipinski definition) is 1. The van der Waals surface area contributed by atoms with Gasteiger partial charge in [-0.1, -0.05) is 44.9 Å². The first-order valence-electron chi connectivity index (χ1n) is 7.68. The van der Waals surface area contributed by atoms with Crippen molar-refractivity contribution in [2.75, 3.05) is 0 Å². The number of carbonyl (C=O) groups is 1. The fourth-order valence-corrected chi connectivity index (χ4v) is 3.36. The molecular formula is C18H22FNOS. The van der Waals surface area contributed by atoms with Gasteiger partial charge in [0.15, 0.2) is 0 Å². The van der Waals surface area contributed by atoms with Crippen LogP contribution in [0.4, 0.5) is 4.39 Å². The topological polar surface area (TPSA) is 29.1 Å². The molecule has 0 fully saturated rings. The lowest BCUT2D eigenvalue weighted by Gasteiger charge is -2.19. The number of benzene rings is 1. The summed E-state index contributed by atoms with van der Waals surface area (Å²) in [5, 5.41) is 5.08. The van der Waals surface area contributed by atoms with Crippen molar-refractivity contribution in [2.24, 2.45) is 5.92 Å². The molecule has 2 unspecified atom stereocenters. The third kappa shape index (κ3) is 4.67.